The molecule has 37 heavy (non-hydrogen) atoms. The first-order chi connectivity index (χ1) is 17.6. The molecule has 1 aromatic heterocycles. The Balaban J connectivity index is 1.33. The van der Waals surface area contributed by atoms with Crippen LogP contribution in [-0.2, 0) is 6.18 Å². The van der Waals surface area contributed by atoms with Crippen LogP contribution in [0.2, 0.25) is 5.02 Å². The zero-order valence-corrected chi connectivity index (χ0v) is 20.7. The van der Waals surface area contributed by atoms with Crippen LogP contribution in [0.5, 0.6) is 5.75 Å². The van der Waals surface area contributed by atoms with Crippen LogP contribution in [0.3, 0.4) is 0 Å². The van der Waals surface area contributed by atoms with Crippen molar-refractivity contribution in [2.75, 3.05) is 51.3 Å². The summed E-state index contributed by atoms with van der Waals surface area (Å²) in [4.78, 5) is 25.9. The van der Waals surface area contributed by atoms with Gasteiger partial charge in [0.25, 0.3) is 5.91 Å². The van der Waals surface area contributed by atoms with Crippen LogP contribution < -0.4 is 9.64 Å². The lowest BCUT2D eigenvalue weighted by Crippen LogP contribution is -2.54. The van der Waals surface area contributed by atoms with Crippen LogP contribution in [0.1, 0.15) is 16.2 Å². The SMILES string of the molecule is COc1ccc2nc(C(F)(F)F)nc(N3CC(O)C(N4CCN(C(=O)c5ccc(Cl)cc5)CC4)C3)c2c1. The summed E-state index contributed by atoms with van der Waals surface area (Å²) in [5, 5.41) is 11.9. The molecule has 0 bridgehead atoms. The smallest absolute Gasteiger partial charge is 0.451 e. The van der Waals surface area contributed by atoms with E-state index in [1.165, 1.54) is 13.2 Å². The van der Waals surface area contributed by atoms with Crippen molar-refractivity contribution in [1.29, 1.82) is 0 Å². The number of fused-ring (bicyclic) bond motifs is 1. The van der Waals surface area contributed by atoms with Crippen LogP contribution in [0.25, 0.3) is 10.9 Å². The van der Waals surface area contributed by atoms with Gasteiger partial charge in [0.1, 0.15) is 11.6 Å². The van der Waals surface area contributed by atoms with Crippen molar-refractivity contribution in [3.05, 3.63) is 58.9 Å². The molecular formula is C25H25ClF3N5O3. The molecule has 0 spiro atoms. The molecule has 2 aromatic carbocycles. The third kappa shape index (κ3) is 5.16. The van der Waals surface area contributed by atoms with E-state index in [-0.39, 0.29) is 36.4 Å². The Bertz CT molecular complexity index is 1300. The van der Waals surface area contributed by atoms with E-state index >= 15 is 0 Å². The van der Waals surface area contributed by atoms with E-state index in [1.54, 1.807) is 46.2 Å². The van der Waals surface area contributed by atoms with Gasteiger partial charge in [0, 0.05) is 55.2 Å². The van der Waals surface area contributed by atoms with Crippen molar-refractivity contribution in [2.24, 2.45) is 0 Å². The number of halogens is 4. The van der Waals surface area contributed by atoms with E-state index in [0.717, 1.165) is 0 Å². The summed E-state index contributed by atoms with van der Waals surface area (Å²) < 4.78 is 45.9. The minimum Gasteiger partial charge on any atom is -0.497 e. The number of nitrogens with zero attached hydrogens (tertiary/aromatic N) is 5. The number of anilines is 1. The summed E-state index contributed by atoms with van der Waals surface area (Å²) >= 11 is 5.91. The van der Waals surface area contributed by atoms with Gasteiger partial charge in [0.15, 0.2) is 0 Å². The fourth-order valence-electron chi connectivity index (χ4n) is 4.92. The molecule has 0 radical (unpaired) electrons. The molecule has 3 heterocycles. The second kappa shape index (κ2) is 9.96. The Labute approximate surface area is 216 Å². The van der Waals surface area contributed by atoms with Crippen molar-refractivity contribution >= 4 is 34.2 Å². The number of hydrogen-bond acceptors (Lipinski definition) is 7. The summed E-state index contributed by atoms with van der Waals surface area (Å²) in [5.41, 5.74) is 0.696. The van der Waals surface area contributed by atoms with Crippen molar-refractivity contribution in [2.45, 2.75) is 18.3 Å². The van der Waals surface area contributed by atoms with Crippen molar-refractivity contribution in [3.63, 3.8) is 0 Å². The highest BCUT2D eigenvalue weighted by atomic mass is 35.5. The van der Waals surface area contributed by atoms with Crippen molar-refractivity contribution in [1.82, 2.24) is 19.8 Å². The highest BCUT2D eigenvalue weighted by Gasteiger charge is 2.40. The van der Waals surface area contributed by atoms with Gasteiger partial charge in [0.2, 0.25) is 5.82 Å². The standard InChI is InChI=1S/C25H25ClF3N5O3/c1-37-17-6-7-19-18(12-17)22(31-24(30-19)25(27,28)29)34-13-20(21(35)14-34)32-8-10-33(11-9-32)23(36)15-2-4-16(26)5-3-15/h2-7,12,20-21,35H,8-11,13-14H2,1H3. The summed E-state index contributed by atoms with van der Waals surface area (Å²) in [6.45, 7) is 2.40. The average Bonchev–Trinajstić information content (AvgIpc) is 3.28. The molecule has 1 N–H and O–H groups in total. The predicted molar refractivity (Wildman–Crippen MR) is 132 cm³/mol. The molecule has 2 fully saturated rings. The first kappa shape index (κ1) is 25.5. The van der Waals surface area contributed by atoms with E-state index in [4.69, 9.17) is 16.3 Å². The summed E-state index contributed by atoms with van der Waals surface area (Å²) in [6.07, 6.45) is -5.52. The Morgan fingerprint density at radius 2 is 1.76 bits per heavy atom. The first-order valence-electron chi connectivity index (χ1n) is 11.8. The fraction of sp³-hybridized carbons (Fsp3) is 0.400. The number of methoxy groups -OCH3 is 1. The fourth-order valence-corrected chi connectivity index (χ4v) is 5.05. The number of hydrogen-bond donors (Lipinski definition) is 1. The molecule has 5 rings (SSSR count). The Morgan fingerprint density at radius 1 is 1.05 bits per heavy atom. The summed E-state index contributed by atoms with van der Waals surface area (Å²) in [7, 11) is 1.47. The summed E-state index contributed by atoms with van der Waals surface area (Å²) in [6, 6.07) is 11.0. The maximum atomic E-state index is 13.6. The van der Waals surface area contributed by atoms with Crippen LogP contribution in [-0.4, -0.2) is 89.3 Å². The monoisotopic (exact) mass is 535 g/mol. The number of β-amino-alcohol motifs (C(OH)–C–C–N with tert-alkyl or cyclic N) is 1. The Hall–Kier alpha value is -3.15. The number of rotatable bonds is 4. The first-order valence-corrected chi connectivity index (χ1v) is 12.2. The van der Waals surface area contributed by atoms with E-state index in [9.17, 15) is 23.1 Å². The lowest BCUT2D eigenvalue weighted by molar-refractivity contribution is -0.144. The molecule has 0 saturated carbocycles. The lowest BCUT2D eigenvalue weighted by atomic mass is 10.1. The highest BCUT2D eigenvalue weighted by molar-refractivity contribution is 6.30. The number of amides is 1. The van der Waals surface area contributed by atoms with Gasteiger partial charge in [-0.3, -0.25) is 9.69 Å². The number of ether oxygens (including phenoxy) is 1. The largest absolute Gasteiger partial charge is 0.497 e. The maximum Gasteiger partial charge on any atom is 0.451 e. The lowest BCUT2D eigenvalue weighted by Gasteiger charge is -2.38. The average molecular weight is 536 g/mol. The third-order valence-electron chi connectivity index (χ3n) is 6.86. The van der Waals surface area contributed by atoms with Crippen LogP contribution >= 0.6 is 11.6 Å². The second-order valence-corrected chi connectivity index (χ2v) is 9.56. The molecule has 12 heteroatoms. The Kier molecular flexibility index (Phi) is 6.86. The van der Waals surface area contributed by atoms with E-state index in [1.807, 2.05) is 0 Å². The predicted octanol–water partition coefficient (Wildman–Crippen LogP) is 3.32. The van der Waals surface area contributed by atoms with Gasteiger partial charge in [-0.25, -0.2) is 9.97 Å². The minimum atomic E-state index is -4.71. The molecule has 3 aromatic rings. The quantitative estimate of drug-likeness (QED) is 0.549. The number of aliphatic hydroxyl groups excluding tert-OH is 1. The molecule has 8 nitrogen and oxygen atoms in total. The number of aliphatic hydroxyl groups is 1. The number of alkyl halides is 3. The number of benzene rings is 2. The number of aromatic nitrogens is 2. The van der Waals surface area contributed by atoms with Crippen LogP contribution in [0.4, 0.5) is 19.0 Å². The third-order valence-corrected chi connectivity index (χ3v) is 7.11. The number of carbonyl (C=O) groups is 1. The van der Waals surface area contributed by atoms with Gasteiger partial charge in [0.05, 0.1) is 24.8 Å². The Morgan fingerprint density at radius 3 is 2.41 bits per heavy atom. The van der Waals surface area contributed by atoms with Gasteiger partial charge in [-0.2, -0.15) is 13.2 Å². The second-order valence-electron chi connectivity index (χ2n) is 9.13. The van der Waals surface area contributed by atoms with E-state index in [0.29, 0.717) is 47.9 Å². The summed E-state index contributed by atoms with van der Waals surface area (Å²) in [5.74, 6) is -0.748. The molecule has 196 valence electrons. The topological polar surface area (TPSA) is 82.0 Å². The maximum absolute atomic E-state index is 13.6. The molecule has 0 aliphatic carbocycles. The van der Waals surface area contributed by atoms with Gasteiger partial charge in [-0.15, -0.1) is 0 Å². The molecular weight excluding hydrogens is 511 g/mol. The number of carbonyl (C=O) groups excluding carboxylic acids is 1. The molecule has 2 atom stereocenters. The van der Waals surface area contributed by atoms with E-state index < -0.39 is 18.1 Å². The van der Waals surface area contributed by atoms with Gasteiger partial charge < -0.3 is 19.6 Å². The normalized spacial score (nSPS) is 21.0. The van der Waals surface area contributed by atoms with Gasteiger partial charge >= 0.3 is 6.18 Å². The number of piperazine rings is 1. The zero-order chi connectivity index (χ0) is 26.3. The molecule has 2 unspecified atom stereocenters. The van der Waals surface area contributed by atoms with E-state index in [2.05, 4.69) is 14.9 Å². The van der Waals surface area contributed by atoms with Gasteiger partial charge in [-0.05, 0) is 42.5 Å². The van der Waals surface area contributed by atoms with Crippen molar-refractivity contribution in [3.8, 4) is 5.75 Å². The van der Waals surface area contributed by atoms with Crippen LogP contribution in [0, 0.1) is 0 Å². The molecule has 1 amide bonds. The minimum absolute atomic E-state index is 0.0917. The molecule has 2 aliphatic rings. The molecule has 2 saturated heterocycles. The van der Waals surface area contributed by atoms with Crippen molar-refractivity contribution < 1.29 is 27.8 Å². The van der Waals surface area contributed by atoms with Gasteiger partial charge in [-0.1, -0.05) is 11.6 Å². The zero-order valence-electron chi connectivity index (χ0n) is 20.0. The molecule has 2 aliphatic heterocycles. The van der Waals surface area contributed by atoms with Crippen LogP contribution in [0.15, 0.2) is 42.5 Å². The highest BCUT2D eigenvalue weighted by Crippen LogP contribution is 2.35.